The molecule has 3 rings (SSSR count). The second-order valence-electron chi connectivity index (χ2n) is 5.94. The van der Waals surface area contributed by atoms with Crippen LogP contribution in [-0.4, -0.2) is 47.2 Å². The van der Waals surface area contributed by atoms with Crippen LogP contribution in [0.15, 0.2) is 12.5 Å². The maximum Gasteiger partial charge on any atom is 0.0948 e. The molecule has 0 unspecified atom stereocenters. The molecule has 3 heterocycles. The van der Waals surface area contributed by atoms with E-state index in [0.717, 1.165) is 19.6 Å². The third kappa shape index (κ3) is 3.37. The molecule has 106 valence electrons. The van der Waals surface area contributed by atoms with E-state index in [1.807, 2.05) is 6.33 Å². The molecule has 2 aliphatic heterocycles. The lowest BCUT2D eigenvalue weighted by atomic mass is 9.95. The highest BCUT2D eigenvalue weighted by Crippen LogP contribution is 2.24. The molecular formula is C15H26N4. The van der Waals surface area contributed by atoms with Gasteiger partial charge in [0.1, 0.15) is 0 Å². The summed E-state index contributed by atoms with van der Waals surface area (Å²) in [5, 5.41) is 3.44. The zero-order chi connectivity index (χ0) is 12.9. The van der Waals surface area contributed by atoms with Crippen LogP contribution in [0.4, 0.5) is 0 Å². The predicted octanol–water partition coefficient (Wildman–Crippen LogP) is 1.84. The second kappa shape index (κ2) is 6.53. The van der Waals surface area contributed by atoms with Gasteiger partial charge in [-0.05, 0) is 51.9 Å². The molecule has 2 saturated heterocycles. The summed E-state index contributed by atoms with van der Waals surface area (Å²) < 4.78 is 2.39. The Balaban J connectivity index is 1.56. The maximum atomic E-state index is 4.39. The molecule has 0 aliphatic carbocycles. The molecule has 0 spiro atoms. The quantitative estimate of drug-likeness (QED) is 0.899. The number of hydrogen-bond donors (Lipinski definition) is 1. The lowest BCUT2D eigenvalue weighted by molar-refractivity contribution is 0.219. The summed E-state index contributed by atoms with van der Waals surface area (Å²) in [6.07, 6.45) is 10.8. The van der Waals surface area contributed by atoms with Gasteiger partial charge >= 0.3 is 0 Å². The summed E-state index contributed by atoms with van der Waals surface area (Å²) in [5.41, 5.74) is 1.46. The molecule has 4 heteroatoms. The first-order valence-electron chi connectivity index (χ1n) is 7.86. The maximum absolute atomic E-state index is 4.39. The fourth-order valence-electron chi connectivity index (χ4n) is 3.41. The third-order valence-electron chi connectivity index (χ3n) is 4.61. The summed E-state index contributed by atoms with van der Waals surface area (Å²) in [4.78, 5) is 6.99. The van der Waals surface area contributed by atoms with E-state index in [-0.39, 0.29) is 0 Å². The summed E-state index contributed by atoms with van der Waals surface area (Å²) in [7, 11) is 0. The van der Waals surface area contributed by atoms with Crippen molar-refractivity contribution >= 4 is 0 Å². The highest BCUT2D eigenvalue weighted by molar-refractivity contribution is 5.07. The molecule has 0 bridgehead atoms. The molecule has 1 aromatic heterocycles. The Morgan fingerprint density at radius 2 is 1.89 bits per heavy atom. The van der Waals surface area contributed by atoms with Crippen molar-refractivity contribution in [3.8, 4) is 0 Å². The van der Waals surface area contributed by atoms with Crippen LogP contribution >= 0.6 is 0 Å². The Morgan fingerprint density at radius 3 is 2.68 bits per heavy atom. The minimum atomic E-state index is 0.713. The van der Waals surface area contributed by atoms with E-state index in [9.17, 15) is 0 Å². The number of hydrogen-bond acceptors (Lipinski definition) is 3. The van der Waals surface area contributed by atoms with Gasteiger partial charge in [-0.15, -0.1) is 0 Å². The highest BCUT2D eigenvalue weighted by atomic mass is 15.2. The minimum absolute atomic E-state index is 0.713. The third-order valence-corrected chi connectivity index (χ3v) is 4.61. The summed E-state index contributed by atoms with van der Waals surface area (Å²) >= 11 is 0. The van der Waals surface area contributed by atoms with Gasteiger partial charge in [0.05, 0.1) is 6.33 Å². The van der Waals surface area contributed by atoms with Crippen molar-refractivity contribution in [2.24, 2.45) is 0 Å². The van der Waals surface area contributed by atoms with E-state index in [2.05, 4.69) is 26.0 Å². The van der Waals surface area contributed by atoms with Crippen LogP contribution < -0.4 is 5.32 Å². The number of nitrogens with one attached hydrogen (secondary N) is 1. The van der Waals surface area contributed by atoms with Crippen molar-refractivity contribution in [2.45, 2.75) is 44.6 Å². The van der Waals surface area contributed by atoms with Crippen molar-refractivity contribution in [3.63, 3.8) is 0 Å². The lowest BCUT2D eigenvalue weighted by Gasteiger charge is -2.28. The topological polar surface area (TPSA) is 33.1 Å². The van der Waals surface area contributed by atoms with Crippen LogP contribution in [0.25, 0.3) is 0 Å². The molecule has 0 radical (unpaired) electrons. The summed E-state index contributed by atoms with van der Waals surface area (Å²) in [6, 6.07) is 0. The first-order chi connectivity index (χ1) is 9.43. The molecule has 4 nitrogen and oxygen atoms in total. The van der Waals surface area contributed by atoms with Crippen LogP contribution in [0, 0.1) is 0 Å². The van der Waals surface area contributed by atoms with Gasteiger partial charge in [-0.25, -0.2) is 4.98 Å². The van der Waals surface area contributed by atoms with Gasteiger partial charge in [-0.2, -0.15) is 0 Å². The van der Waals surface area contributed by atoms with Gasteiger partial charge in [0.25, 0.3) is 0 Å². The molecule has 2 fully saturated rings. The van der Waals surface area contributed by atoms with Crippen LogP contribution in [-0.2, 0) is 6.54 Å². The number of piperidine rings is 2. The van der Waals surface area contributed by atoms with Crippen molar-refractivity contribution in [3.05, 3.63) is 18.2 Å². The Kier molecular flexibility index (Phi) is 4.51. The minimum Gasteiger partial charge on any atom is -0.333 e. The summed E-state index contributed by atoms with van der Waals surface area (Å²) in [6.45, 7) is 7.19. The van der Waals surface area contributed by atoms with Crippen molar-refractivity contribution < 1.29 is 0 Å². The van der Waals surface area contributed by atoms with E-state index in [1.165, 1.54) is 57.4 Å². The molecule has 2 aliphatic rings. The van der Waals surface area contributed by atoms with Crippen molar-refractivity contribution in [2.75, 3.05) is 32.7 Å². The van der Waals surface area contributed by atoms with Gasteiger partial charge in [-0.3, -0.25) is 0 Å². The van der Waals surface area contributed by atoms with Crippen LogP contribution in [0.5, 0.6) is 0 Å². The normalized spacial score (nSPS) is 22.7. The second-order valence-corrected chi connectivity index (χ2v) is 5.94. The molecular weight excluding hydrogens is 236 g/mol. The van der Waals surface area contributed by atoms with Gasteiger partial charge in [-0.1, -0.05) is 6.42 Å². The van der Waals surface area contributed by atoms with E-state index >= 15 is 0 Å². The smallest absolute Gasteiger partial charge is 0.0948 e. The molecule has 19 heavy (non-hydrogen) atoms. The first kappa shape index (κ1) is 13.1. The standard InChI is InChI=1S/C15H26N4/c1-2-8-18(9-3-1)10-11-19-13-17-12-15(19)14-4-6-16-7-5-14/h12-14,16H,1-11H2. The fraction of sp³-hybridized carbons (Fsp3) is 0.800. The molecule has 1 aromatic rings. The first-order valence-corrected chi connectivity index (χ1v) is 7.86. The molecule has 0 amide bonds. The van der Waals surface area contributed by atoms with E-state index in [4.69, 9.17) is 0 Å². The van der Waals surface area contributed by atoms with Gasteiger partial charge in [0.2, 0.25) is 0 Å². The zero-order valence-corrected chi connectivity index (χ0v) is 11.9. The fourth-order valence-corrected chi connectivity index (χ4v) is 3.41. The molecule has 1 N–H and O–H groups in total. The number of rotatable bonds is 4. The average Bonchev–Trinajstić information content (AvgIpc) is 2.95. The van der Waals surface area contributed by atoms with Crippen LogP contribution in [0.2, 0.25) is 0 Å². The number of nitrogens with zero attached hydrogens (tertiary/aromatic N) is 3. The highest BCUT2D eigenvalue weighted by Gasteiger charge is 2.19. The van der Waals surface area contributed by atoms with Gasteiger partial charge in [0, 0.05) is 30.9 Å². The van der Waals surface area contributed by atoms with Crippen LogP contribution in [0.3, 0.4) is 0 Å². The monoisotopic (exact) mass is 262 g/mol. The predicted molar refractivity (Wildman–Crippen MR) is 77.4 cm³/mol. The zero-order valence-electron chi connectivity index (χ0n) is 11.9. The van der Waals surface area contributed by atoms with Crippen molar-refractivity contribution in [1.29, 1.82) is 0 Å². The Morgan fingerprint density at radius 1 is 1.11 bits per heavy atom. The number of imidazole rings is 1. The Hall–Kier alpha value is -0.870. The summed E-state index contributed by atoms with van der Waals surface area (Å²) in [5.74, 6) is 0.713. The van der Waals surface area contributed by atoms with E-state index in [0.29, 0.717) is 5.92 Å². The molecule has 0 atom stereocenters. The Bertz CT molecular complexity index is 375. The van der Waals surface area contributed by atoms with E-state index < -0.39 is 0 Å². The van der Waals surface area contributed by atoms with Gasteiger partial charge < -0.3 is 14.8 Å². The van der Waals surface area contributed by atoms with Crippen LogP contribution in [0.1, 0.15) is 43.7 Å². The number of aromatic nitrogens is 2. The average molecular weight is 262 g/mol. The molecule has 0 saturated carbocycles. The lowest BCUT2D eigenvalue weighted by Crippen LogP contribution is -2.33. The van der Waals surface area contributed by atoms with Crippen molar-refractivity contribution in [1.82, 2.24) is 19.8 Å². The van der Waals surface area contributed by atoms with Gasteiger partial charge in [0.15, 0.2) is 0 Å². The Labute approximate surface area is 116 Å². The largest absolute Gasteiger partial charge is 0.333 e. The molecule has 0 aromatic carbocycles. The van der Waals surface area contributed by atoms with E-state index in [1.54, 1.807) is 0 Å². The SMILES string of the molecule is c1ncn(CCN2CCCCC2)c1C1CCNCC1. The number of likely N-dealkylation sites (tertiary alicyclic amines) is 1.